The molecule has 19 nitrogen and oxygen atoms in total. The number of anilines is 1. The van der Waals surface area contributed by atoms with Gasteiger partial charge in [0.2, 0.25) is 18.3 Å². The summed E-state index contributed by atoms with van der Waals surface area (Å²) in [6.45, 7) is 3.15. The Morgan fingerprint density at radius 2 is 1.34 bits per heavy atom. The normalized spacial score (nSPS) is 19.1. The minimum absolute atomic E-state index is 0.000513. The number of Topliss-reactive ketones (excluding diaryl/α,β-unsaturated/α-hetero) is 1. The van der Waals surface area contributed by atoms with Crippen molar-refractivity contribution in [1.29, 1.82) is 0 Å². The van der Waals surface area contributed by atoms with Gasteiger partial charge in [0, 0.05) is 46.5 Å². The maximum Gasteiger partial charge on any atom is 0.409 e. The zero-order valence-electron chi connectivity index (χ0n) is 34.7. The van der Waals surface area contributed by atoms with Crippen molar-refractivity contribution >= 4 is 57.3 Å². The largest absolute Gasteiger partial charge is 0.458 e. The number of rotatable bonds is 16. The van der Waals surface area contributed by atoms with E-state index in [-0.39, 0.29) is 48.4 Å². The van der Waals surface area contributed by atoms with Crippen LogP contribution in [0.15, 0.2) is 66.7 Å². The lowest BCUT2D eigenvalue weighted by Gasteiger charge is -2.43. The molecule has 2 aliphatic rings. The molecule has 0 aromatic heterocycles. The second-order valence-electron chi connectivity index (χ2n) is 14.5. The topological polar surface area (TPSA) is 246 Å². The number of fused-ring (bicyclic) bond motifs is 3. The first-order valence-electron chi connectivity index (χ1n) is 19.2. The molecule has 1 saturated heterocycles. The second kappa shape index (κ2) is 20.3. The standard InChI is InChI=1S/C42H47N3O16S/c1-23(46)36-37(57-24(2)47)38(58-25(3)48)39(59-26(4)49)40(61-36)60-34-16-15-27(21-55-41(51)43-17-18-62(6,53)54)19-33(34)44-35(50)20-45(5)42(52)56-22-32-30-13-9-7-11-28(30)29-12-8-10-14-31(29)32/h7-16,19,32,36-40H,17-18,20-22H2,1-6H3,(H,43,51)(H,44,50)/t36-,37-,38+,39-,40-/m1/s1. The van der Waals surface area contributed by atoms with Crippen LogP contribution in [-0.4, -0.2) is 125 Å². The van der Waals surface area contributed by atoms with Crippen molar-refractivity contribution < 1.29 is 75.1 Å². The van der Waals surface area contributed by atoms with Crippen molar-refractivity contribution in [2.75, 3.05) is 44.1 Å². The molecule has 1 heterocycles. The van der Waals surface area contributed by atoms with Crippen molar-refractivity contribution in [3.63, 3.8) is 0 Å². The molecule has 5 rings (SSSR count). The number of likely N-dealkylation sites (N-methyl/N-ethyl adjacent to an activating group) is 1. The van der Waals surface area contributed by atoms with Gasteiger partial charge in [0.15, 0.2) is 24.1 Å². The highest BCUT2D eigenvalue weighted by Gasteiger charge is 2.54. The van der Waals surface area contributed by atoms with Crippen LogP contribution < -0.4 is 15.4 Å². The number of hydrogen-bond donors (Lipinski definition) is 2. The quantitative estimate of drug-likeness (QED) is 0.155. The van der Waals surface area contributed by atoms with Gasteiger partial charge in [0.05, 0.1) is 11.4 Å². The molecule has 1 fully saturated rings. The van der Waals surface area contributed by atoms with Gasteiger partial charge in [-0.3, -0.25) is 24.0 Å². The Morgan fingerprint density at radius 3 is 1.92 bits per heavy atom. The summed E-state index contributed by atoms with van der Waals surface area (Å²) >= 11 is 0. The number of alkyl carbamates (subject to hydrolysis) is 1. The van der Waals surface area contributed by atoms with Gasteiger partial charge in [-0.05, 0) is 46.9 Å². The molecule has 2 N–H and O–H groups in total. The van der Waals surface area contributed by atoms with E-state index in [9.17, 15) is 42.0 Å². The maximum atomic E-state index is 13.6. The van der Waals surface area contributed by atoms with E-state index in [1.165, 1.54) is 25.2 Å². The Kier molecular flexibility index (Phi) is 15.3. The number of amides is 3. The van der Waals surface area contributed by atoms with Crippen LogP contribution in [-0.2, 0) is 68.8 Å². The molecule has 1 aliphatic carbocycles. The first-order chi connectivity index (χ1) is 29.3. The number of carbonyl (C=O) groups excluding carboxylic acids is 7. The number of esters is 3. The Balaban J connectivity index is 1.37. The molecular formula is C42H47N3O16S. The third-order valence-electron chi connectivity index (χ3n) is 9.50. The summed E-state index contributed by atoms with van der Waals surface area (Å²) in [5.41, 5.74) is 4.26. The Morgan fingerprint density at radius 1 is 0.758 bits per heavy atom. The Bertz CT molecular complexity index is 2270. The average Bonchev–Trinajstić information content (AvgIpc) is 3.51. The monoisotopic (exact) mass is 881 g/mol. The number of hydrogen-bond acceptors (Lipinski definition) is 16. The Hall–Kier alpha value is -6.54. The van der Waals surface area contributed by atoms with Gasteiger partial charge in [-0.1, -0.05) is 54.6 Å². The molecule has 20 heteroatoms. The van der Waals surface area contributed by atoms with E-state index < -0.39 is 88.9 Å². The highest BCUT2D eigenvalue weighted by Crippen LogP contribution is 2.44. The van der Waals surface area contributed by atoms with E-state index >= 15 is 0 Å². The number of nitrogens with zero attached hydrogens (tertiary/aromatic N) is 1. The molecule has 0 bridgehead atoms. The van der Waals surface area contributed by atoms with Gasteiger partial charge in [-0.25, -0.2) is 18.0 Å². The zero-order chi connectivity index (χ0) is 45.3. The summed E-state index contributed by atoms with van der Waals surface area (Å²) in [7, 11) is -2.00. The molecule has 3 aromatic carbocycles. The van der Waals surface area contributed by atoms with Crippen molar-refractivity contribution in [3.05, 3.63) is 83.4 Å². The van der Waals surface area contributed by atoms with Crippen molar-refractivity contribution in [1.82, 2.24) is 10.2 Å². The van der Waals surface area contributed by atoms with Crippen LogP contribution in [0.1, 0.15) is 50.3 Å². The van der Waals surface area contributed by atoms with Crippen LogP contribution >= 0.6 is 0 Å². The molecule has 5 atom stereocenters. The fourth-order valence-electron chi connectivity index (χ4n) is 6.90. The van der Waals surface area contributed by atoms with Crippen LogP contribution in [0.25, 0.3) is 11.1 Å². The van der Waals surface area contributed by atoms with Gasteiger partial charge in [-0.2, -0.15) is 0 Å². The minimum Gasteiger partial charge on any atom is -0.458 e. The summed E-state index contributed by atoms with van der Waals surface area (Å²) in [6.07, 6.45) is -8.84. The molecule has 3 aromatic rings. The predicted molar refractivity (Wildman–Crippen MR) is 217 cm³/mol. The number of ether oxygens (including phenoxy) is 7. The van der Waals surface area contributed by atoms with Gasteiger partial charge >= 0.3 is 30.1 Å². The Labute approximate surface area is 357 Å². The second-order valence-corrected chi connectivity index (χ2v) is 16.8. The van der Waals surface area contributed by atoms with Gasteiger partial charge in [0.25, 0.3) is 0 Å². The fourth-order valence-corrected chi connectivity index (χ4v) is 7.37. The number of sulfone groups is 1. The molecule has 0 radical (unpaired) electrons. The predicted octanol–water partition coefficient (Wildman–Crippen LogP) is 3.26. The first-order valence-corrected chi connectivity index (χ1v) is 21.3. The highest BCUT2D eigenvalue weighted by molar-refractivity contribution is 7.90. The summed E-state index contributed by atoms with van der Waals surface area (Å²) in [5, 5.41) is 4.96. The van der Waals surface area contributed by atoms with E-state index in [1.807, 2.05) is 48.5 Å². The lowest BCUT2D eigenvalue weighted by molar-refractivity contribution is -0.277. The van der Waals surface area contributed by atoms with Crippen LogP contribution in [0.5, 0.6) is 5.75 Å². The van der Waals surface area contributed by atoms with E-state index in [4.69, 9.17) is 33.2 Å². The lowest BCUT2D eigenvalue weighted by Crippen LogP contribution is -2.64. The molecule has 0 saturated carbocycles. The molecule has 62 heavy (non-hydrogen) atoms. The van der Waals surface area contributed by atoms with Crippen molar-refractivity contribution in [2.24, 2.45) is 0 Å². The van der Waals surface area contributed by atoms with E-state index in [0.717, 1.165) is 61.1 Å². The number of nitrogens with one attached hydrogen (secondary N) is 2. The third-order valence-corrected chi connectivity index (χ3v) is 10.4. The zero-order valence-corrected chi connectivity index (χ0v) is 35.6. The molecule has 332 valence electrons. The van der Waals surface area contributed by atoms with E-state index in [1.54, 1.807) is 0 Å². The smallest absolute Gasteiger partial charge is 0.409 e. The maximum absolute atomic E-state index is 13.6. The average molecular weight is 882 g/mol. The van der Waals surface area contributed by atoms with Crippen LogP contribution in [0.4, 0.5) is 15.3 Å². The first kappa shape index (κ1) is 46.5. The highest BCUT2D eigenvalue weighted by atomic mass is 32.2. The lowest BCUT2D eigenvalue weighted by atomic mass is 9.95. The summed E-state index contributed by atoms with van der Waals surface area (Å²) in [6, 6.07) is 19.7. The SMILES string of the molecule is CC(=O)O[C@@H]1[C@@H](OC(C)=O)[C@H](Oc2ccc(COC(=O)NCCS(C)(=O)=O)cc2NC(=O)CN(C)C(=O)OCC2c3ccccc3-c3ccccc32)O[C@H](C(C)=O)[C@H]1OC(C)=O. The van der Waals surface area contributed by atoms with Gasteiger partial charge < -0.3 is 48.7 Å². The van der Waals surface area contributed by atoms with E-state index in [2.05, 4.69) is 10.6 Å². The molecule has 1 aliphatic heterocycles. The van der Waals surface area contributed by atoms with E-state index in [0.29, 0.717) is 0 Å². The molecule has 0 spiro atoms. The number of benzene rings is 3. The van der Waals surface area contributed by atoms with Crippen LogP contribution in [0.3, 0.4) is 0 Å². The molecule has 0 unspecified atom stereocenters. The van der Waals surface area contributed by atoms with Gasteiger partial charge in [-0.15, -0.1) is 0 Å². The van der Waals surface area contributed by atoms with Gasteiger partial charge in [0.1, 0.15) is 35.3 Å². The third kappa shape index (κ3) is 12.3. The number of ketones is 1. The minimum atomic E-state index is -3.36. The van der Waals surface area contributed by atoms with Crippen molar-refractivity contribution in [3.8, 4) is 16.9 Å². The molecule has 3 amide bonds. The summed E-state index contributed by atoms with van der Waals surface area (Å²) < 4.78 is 62.0. The summed E-state index contributed by atoms with van der Waals surface area (Å²) in [4.78, 5) is 89.7. The number of carbonyl (C=O) groups is 7. The summed E-state index contributed by atoms with van der Waals surface area (Å²) in [5.74, 6) is -4.78. The van der Waals surface area contributed by atoms with Crippen LogP contribution in [0.2, 0.25) is 0 Å². The molecular weight excluding hydrogens is 835 g/mol. The van der Waals surface area contributed by atoms with Crippen molar-refractivity contribution in [2.45, 2.75) is 70.9 Å². The fraction of sp³-hybridized carbons (Fsp3) is 0.405. The van der Waals surface area contributed by atoms with Crippen LogP contribution in [0, 0.1) is 0 Å².